The molecule has 0 aliphatic rings. The lowest BCUT2D eigenvalue weighted by Crippen LogP contribution is -2.43. The predicted molar refractivity (Wildman–Crippen MR) is 87.6 cm³/mol. The molecule has 0 bridgehead atoms. The number of aliphatic hydroxyl groups excluding tert-OH is 1. The van der Waals surface area contributed by atoms with Gasteiger partial charge >= 0.3 is 0 Å². The van der Waals surface area contributed by atoms with Crippen LogP contribution in [0.15, 0.2) is 24.3 Å². The van der Waals surface area contributed by atoms with Crippen molar-refractivity contribution in [2.75, 3.05) is 6.54 Å². The fraction of sp³-hybridized carbons (Fsp3) is 0.556. The highest BCUT2D eigenvalue weighted by atomic mass is 19.1. The van der Waals surface area contributed by atoms with E-state index in [-0.39, 0.29) is 30.4 Å². The smallest absolute Gasteiger partial charge is 0.220 e. The van der Waals surface area contributed by atoms with E-state index in [0.29, 0.717) is 12.1 Å². The summed E-state index contributed by atoms with van der Waals surface area (Å²) in [6, 6.07) is 5.28. The summed E-state index contributed by atoms with van der Waals surface area (Å²) in [7, 11) is 0. The van der Waals surface area contributed by atoms with Crippen LogP contribution in [0.5, 0.6) is 0 Å². The van der Waals surface area contributed by atoms with E-state index in [4.69, 9.17) is 0 Å². The van der Waals surface area contributed by atoms with Gasteiger partial charge in [0.15, 0.2) is 5.78 Å². The van der Waals surface area contributed by atoms with E-state index >= 15 is 0 Å². The Hall–Kier alpha value is -1.75. The first-order valence-corrected chi connectivity index (χ1v) is 7.87. The molecule has 0 fully saturated rings. The molecule has 2 N–H and O–H groups in total. The van der Waals surface area contributed by atoms with E-state index in [1.54, 1.807) is 0 Å². The first-order chi connectivity index (χ1) is 10.6. The normalized spacial score (nSPS) is 13.0. The molecule has 1 aromatic carbocycles. The van der Waals surface area contributed by atoms with Gasteiger partial charge in [0, 0.05) is 30.4 Å². The maximum atomic E-state index is 12.8. The minimum Gasteiger partial charge on any atom is -0.392 e. The predicted octanol–water partition coefficient (Wildman–Crippen LogP) is 2.95. The first kappa shape index (κ1) is 19.3. The van der Waals surface area contributed by atoms with Crippen LogP contribution in [-0.4, -0.2) is 29.4 Å². The van der Waals surface area contributed by atoms with Crippen molar-refractivity contribution in [1.82, 2.24) is 5.32 Å². The summed E-state index contributed by atoms with van der Waals surface area (Å²) in [5.41, 5.74) is -0.0418. The minimum atomic E-state index is -0.524. The molecule has 0 saturated carbocycles. The van der Waals surface area contributed by atoms with E-state index in [9.17, 15) is 19.1 Å². The second-order valence-corrected chi connectivity index (χ2v) is 6.88. The molecule has 0 aromatic heterocycles. The van der Waals surface area contributed by atoms with Crippen molar-refractivity contribution in [2.24, 2.45) is 11.3 Å². The Kier molecular flexibility index (Phi) is 6.88. The molecule has 0 aliphatic heterocycles. The van der Waals surface area contributed by atoms with Crippen LogP contribution in [0.3, 0.4) is 0 Å². The van der Waals surface area contributed by atoms with Gasteiger partial charge in [-0.05, 0) is 30.2 Å². The third kappa shape index (κ3) is 6.10. The van der Waals surface area contributed by atoms with Crippen LogP contribution in [0, 0.1) is 17.2 Å². The lowest BCUT2D eigenvalue weighted by molar-refractivity contribution is -0.122. The van der Waals surface area contributed by atoms with E-state index < -0.39 is 17.3 Å². The highest BCUT2D eigenvalue weighted by Gasteiger charge is 2.30. The minimum absolute atomic E-state index is 0.0735. The van der Waals surface area contributed by atoms with Crippen LogP contribution in [0.4, 0.5) is 4.39 Å². The van der Waals surface area contributed by atoms with Crippen molar-refractivity contribution in [3.05, 3.63) is 35.6 Å². The maximum absolute atomic E-state index is 12.8. The maximum Gasteiger partial charge on any atom is 0.220 e. The molecule has 1 aromatic rings. The molecule has 1 rings (SSSR count). The van der Waals surface area contributed by atoms with Gasteiger partial charge in [-0.25, -0.2) is 4.39 Å². The summed E-state index contributed by atoms with van der Waals surface area (Å²) < 4.78 is 12.8. The number of ketones is 1. The van der Waals surface area contributed by atoms with Crippen LogP contribution >= 0.6 is 0 Å². The van der Waals surface area contributed by atoms with Gasteiger partial charge in [0.25, 0.3) is 0 Å². The fourth-order valence-electron chi connectivity index (χ4n) is 2.43. The number of halogens is 1. The van der Waals surface area contributed by atoms with Gasteiger partial charge < -0.3 is 10.4 Å². The number of carbonyl (C=O) groups excluding carboxylic acids is 2. The Labute approximate surface area is 137 Å². The zero-order valence-corrected chi connectivity index (χ0v) is 14.2. The lowest BCUT2D eigenvalue weighted by Gasteiger charge is -2.33. The highest BCUT2D eigenvalue weighted by molar-refractivity contribution is 5.97. The quantitative estimate of drug-likeness (QED) is 0.723. The number of carbonyl (C=O) groups is 2. The van der Waals surface area contributed by atoms with Gasteiger partial charge in [-0.1, -0.05) is 27.7 Å². The second kappa shape index (κ2) is 8.20. The van der Waals surface area contributed by atoms with Gasteiger partial charge in [-0.15, -0.1) is 0 Å². The SMILES string of the molecule is CC(C)C(O)C(C)(C)CNC(=O)CCC(=O)c1ccc(F)cc1. The number of Topliss-reactive ketones (excluding diaryl/α,β-unsaturated/α-hetero) is 1. The second-order valence-electron chi connectivity index (χ2n) is 6.88. The molecule has 1 unspecified atom stereocenters. The zero-order valence-electron chi connectivity index (χ0n) is 14.2. The largest absolute Gasteiger partial charge is 0.392 e. The Balaban J connectivity index is 2.42. The molecule has 0 saturated heterocycles. The van der Waals surface area contributed by atoms with Crippen molar-refractivity contribution in [1.29, 1.82) is 0 Å². The monoisotopic (exact) mass is 323 g/mol. The summed E-state index contributed by atoms with van der Waals surface area (Å²) in [5, 5.41) is 12.9. The number of nitrogens with one attached hydrogen (secondary N) is 1. The Morgan fingerprint density at radius 3 is 2.26 bits per heavy atom. The van der Waals surface area contributed by atoms with Crippen molar-refractivity contribution in [3.8, 4) is 0 Å². The molecule has 5 heteroatoms. The summed E-state index contributed by atoms with van der Waals surface area (Å²) in [5.74, 6) is -0.724. The topological polar surface area (TPSA) is 66.4 Å². The summed E-state index contributed by atoms with van der Waals surface area (Å²) >= 11 is 0. The first-order valence-electron chi connectivity index (χ1n) is 7.87. The van der Waals surface area contributed by atoms with Crippen molar-refractivity contribution in [2.45, 2.75) is 46.6 Å². The lowest BCUT2D eigenvalue weighted by atomic mass is 9.80. The highest BCUT2D eigenvalue weighted by Crippen LogP contribution is 2.25. The van der Waals surface area contributed by atoms with Crippen LogP contribution < -0.4 is 5.32 Å². The molecular formula is C18H26FNO3. The number of rotatable bonds is 8. The zero-order chi connectivity index (χ0) is 17.6. The van der Waals surface area contributed by atoms with Gasteiger partial charge in [0.2, 0.25) is 5.91 Å². The van der Waals surface area contributed by atoms with Gasteiger partial charge in [0.05, 0.1) is 6.10 Å². The number of aliphatic hydroxyl groups is 1. The van der Waals surface area contributed by atoms with E-state index in [1.165, 1.54) is 24.3 Å². The third-order valence-electron chi connectivity index (χ3n) is 3.92. The van der Waals surface area contributed by atoms with Crippen molar-refractivity contribution in [3.63, 3.8) is 0 Å². The molecule has 1 amide bonds. The third-order valence-corrected chi connectivity index (χ3v) is 3.92. The molecule has 0 radical (unpaired) electrons. The summed E-state index contributed by atoms with van der Waals surface area (Å²) in [4.78, 5) is 23.8. The average Bonchev–Trinajstić information content (AvgIpc) is 2.50. The van der Waals surface area contributed by atoms with E-state index in [2.05, 4.69) is 5.32 Å². The number of hydrogen-bond acceptors (Lipinski definition) is 3. The van der Waals surface area contributed by atoms with Crippen molar-refractivity contribution < 1.29 is 19.1 Å². The van der Waals surface area contributed by atoms with Crippen LogP contribution in [0.25, 0.3) is 0 Å². The molecule has 1 atom stereocenters. The molecule has 4 nitrogen and oxygen atoms in total. The van der Waals surface area contributed by atoms with Gasteiger partial charge in [-0.2, -0.15) is 0 Å². The van der Waals surface area contributed by atoms with Gasteiger partial charge in [-0.3, -0.25) is 9.59 Å². The Bertz CT molecular complexity index is 538. The number of hydrogen-bond donors (Lipinski definition) is 2. The molecule has 0 aliphatic carbocycles. The Morgan fingerprint density at radius 1 is 1.17 bits per heavy atom. The molecule has 23 heavy (non-hydrogen) atoms. The van der Waals surface area contributed by atoms with Crippen LogP contribution in [0.2, 0.25) is 0 Å². The van der Waals surface area contributed by atoms with Gasteiger partial charge in [0.1, 0.15) is 5.82 Å². The fourth-order valence-corrected chi connectivity index (χ4v) is 2.43. The summed E-state index contributed by atoms with van der Waals surface area (Å²) in [6.07, 6.45) is -0.377. The number of benzene rings is 1. The van der Waals surface area contributed by atoms with E-state index in [1.807, 2.05) is 27.7 Å². The number of amides is 1. The molecular weight excluding hydrogens is 297 g/mol. The molecule has 0 heterocycles. The van der Waals surface area contributed by atoms with Crippen molar-refractivity contribution >= 4 is 11.7 Å². The Morgan fingerprint density at radius 2 is 1.74 bits per heavy atom. The average molecular weight is 323 g/mol. The molecule has 128 valence electrons. The van der Waals surface area contributed by atoms with Crippen LogP contribution in [0.1, 0.15) is 50.9 Å². The molecule has 0 spiro atoms. The summed E-state index contributed by atoms with van der Waals surface area (Å²) in [6.45, 7) is 7.98. The van der Waals surface area contributed by atoms with E-state index in [0.717, 1.165) is 0 Å². The van der Waals surface area contributed by atoms with Crippen LogP contribution in [-0.2, 0) is 4.79 Å². The standard InChI is InChI=1S/C18H26FNO3/c1-12(2)17(23)18(3,4)11-20-16(22)10-9-15(21)13-5-7-14(19)8-6-13/h5-8,12,17,23H,9-11H2,1-4H3,(H,20,22).